The van der Waals surface area contributed by atoms with E-state index >= 15 is 0 Å². The average Bonchev–Trinajstić information content (AvgIpc) is 3.32. The molecule has 0 radical (unpaired) electrons. The maximum atomic E-state index is 4.47. The summed E-state index contributed by atoms with van der Waals surface area (Å²) in [7, 11) is 0. The summed E-state index contributed by atoms with van der Waals surface area (Å²) >= 11 is 0. The van der Waals surface area contributed by atoms with Crippen molar-refractivity contribution in [3.63, 3.8) is 0 Å². The lowest BCUT2D eigenvalue weighted by molar-refractivity contribution is 0.648. The molecule has 0 amide bonds. The van der Waals surface area contributed by atoms with Gasteiger partial charge in [-0.15, -0.1) is 5.10 Å². The number of hydrogen-bond donors (Lipinski definition) is 1. The molecule has 1 aromatic rings. The number of rotatable bonds is 8. The van der Waals surface area contributed by atoms with Gasteiger partial charge in [0.05, 0.1) is 5.69 Å². The van der Waals surface area contributed by atoms with Gasteiger partial charge in [-0.3, -0.25) is 0 Å². The third-order valence-corrected chi connectivity index (χ3v) is 4.53. The minimum absolute atomic E-state index is 0.734. The number of aromatic nitrogens is 2. The Bertz CT molecular complexity index is 432. The van der Waals surface area contributed by atoms with Crippen molar-refractivity contribution in [2.45, 2.75) is 51.1 Å². The van der Waals surface area contributed by atoms with E-state index in [1.807, 2.05) is 0 Å². The maximum Gasteiger partial charge on any atom is 0.151 e. The van der Waals surface area contributed by atoms with Crippen LogP contribution >= 0.6 is 0 Å². The molecule has 3 aliphatic rings. The second-order valence-corrected chi connectivity index (χ2v) is 6.83. The Hall–Kier alpha value is -1.16. The fourth-order valence-corrected chi connectivity index (χ4v) is 2.64. The number of hydrogen-bond acceptors (Lipinski definition) is 4. The van der Waals surface area contributed by atoms with E-state index in [0.29, 0.717) is 0 Å². The summed E-state index contributed by atoms with van der Waals surface area (Å²) in [5, 5.41) is 12.4. The highest BCUT2D eigenvalue weighted by atomic mass is 15.3. The molecule has 4 nitrogen and oxygen atoms in total. The Morgan fingerprint density at radius 1 is 0.950 bits per heavy atom. The molecule has 4 rings (SSSR count). The van der Waals surface area contributed by atoms with Crippen LogP contribution in [0.3, 0.4) is 0 Å². The number of nitrogens with one attached hydrogen (secondary N) is 1. The second kappa shape index (κ2) is 5.32. The van der Waals surface area contributed by atoms with Crippen molar-refractivity contribution in [2.24, 2.45) is 11.8 Å². The molecule has 108 valence electrons. The van der Waals surface area contributed by atoms with E-state index in [0.717, 1.165) is 35.9 Å². The molecular weight excluding hydrogens is 248 g/mol. The molecular formula is C16H24N4. The first-order valence-electron chi connectivity index (χ1n) is 8.18. The minimum atomic E-state index is 0.734. The molecule has 20 heavy (non-hydrogen) atoms. The van der Waals surface area contributed by atoms with Gasteiger partial charge >= 0.3 is 0 Å². The van der Waals surface area contributed by atoms with Crippen LogP contribution in [0.4, 0.5) is 5.82 Å². The maximum absolute atomic E-state index is 4.47. The van der Waals surface area contributed by atoms with E-state index in [-0.39, 0.29) is 0 Å². The van der Waals surface area contributed by atoms with E-state index in [9.17, 15) is 0 Å². The lowest BCUT2D eigenvalue weighted by Gasteiger charge is -2.23. The molecule has 3 saturated carbocycles. The molecule has 0 spiro atoms. The van der Waals surface area contributed by atoms with Gasteiger partial charge in [-0.25, -0.2) is 0 Å². The van der Waals surface area contributed by atoms with Crippen molar-refractivity contribution < 1.29 is 0 Å². The molecule has 0 aromatic carbocycles. The smallest absolute Gasteiger partial charge is 0.151 e. The zero-order chi connectivity index (χ0) is 13.4. The fourth-order valence-electron chi connectivity index (χ4n) is 2.64. The summed E-state index contributed by atoms with van der Waals surface area (Å²) in [6.45, 7) is 3.24. The third-order valence-electron chi connectivity index (χ3n) is 4.53. The van der Waals surface area contributed by atoms with Crippen LogP contribution in [-0.4, -0.2) is 29.3 Å². The van der Waals surface area contributed by atoms with Gasteiger partial charge in [-0.1, -0.05) is 0 Å². The zero-order valence-corrected chi connectivity index (χ0v) is 12.1. The van der Waals surface area contributed by atoms with Crippen molar-refractivity contribution in [3.05, 3.63) is 17.8 Å². The predicted molar refractivity (Wildman–Crippen MR) is 79.6 cm³/mol. The van der Waals surface area contributed by atoms with Gasteiger partial charge in [0.25, 0.3) is 0 Å². The van der Waals surface area contributed by atoms with Gasteiger partial charge in [-0.05, 0) is 62.5 Å². The van der Waals surface area contributed by atoms with Crippen LogP contribution in [0.5, 0.6) is 0 Å². The van der Waals surface area contributed by atoms with Gasteiger partial charge in [0, 0.05) is 25.7 Å². The monoisotopic (exact) mass is 272 g/mol. The van der Waals surface area contributed by atoms with E-state index in [1.54, 1.807) is 0 Å². The van der Waals surface area contributed by atoms with Gasteiger partial charge < -0.3 is 10.2 Å². The van der Waals surface area contributed by atoms with Crippen LogP contribution in [0.1, 0.15) is 44.2 Å². The summed E-state index contributed by atoms with van der Waals surface area (Å²) in [4.78, 5) is 2.47. The number of nitrogens with zero attached hydrogens (tertiary/aromatic N) is 3. The Kier molecular flexibility index (Phi) is 3.34. The van der Waals surface area contributed by atoms with Crippen LogP contribution in [-0.2, 0) is 6.54 Å². The summed E-state index contributed by atoms with van der Waals surface area (Å²) in [5.74, 6) is 2.90. The standard InChI is InChI=1S/C16H24N4/c1-2-12(1)10-20(11-13-3-4-13)16-8-7-15(18-19-16)9-17-14-5-6-14/h7-8,12-14,17H,1-6,9-11H2. The van der Waals surface area contributed by atoms with Crippen molar-refractivity contribution in [2.75, 3.05) is 18.0 Å². The zero-order valence-electron chi connectivity index (χ0n) is 12.1. The average molecular weight is 272 g/mol. The van der Waals surface area contributed by atoms with Crippen LogP contribution in [0.2, 0.25) is 0 Å². The molecule has 3 fully saturated rings. The molecule has 0 aliphatic heterocycles. The number of anilines is 1. The van der Waals surface area contributed by atoms with E-state index in [4.69, 9.17) is 0 Å². The Morgan fingerprint density at radius 3 is 2.15 bits per heavy atom. The third kappa shape index (κ3) is 3.48. The van der Waals surface area contributed by atoms with Crippen LogP contribution in [0.15, 0.2) is 12.1 Å². The Labute approximate surface area is 121 Å². The predicted octanol–water partition coefficient (Wildman–Crippen LogP) is 2.36. The van der Waals surface area contributed by atoms with Crippen LogP contribution < -0.4 is 10.2 Å². The lowest BCUT2D eigenvalue weighted by atomic mass is 10.3. The first-order valence-corrected chi connectivity index (χ1v) is 8.18. The van der Waals surface area contributed by atoms with Crippen molar-refractivity contribution in [1.29, 1.82) is 0 Å². The normalized spacial score (nSPS) is 22.0. The molecule has 0 saturated heterocycles. The summed E-state index contributed by atoms with van der Waals surface area (Å²) in [6, 6.07) is 5.05. The fraction of sp³-hybridized carbons (Fsp3) is 0.750. The van der Waals surface area contributed by atoms with Gasteiger partial charge in [0.2, 0.25) is 0 Å². The van der Waals surface area contributed by atoms with Gasteiger partial charge in [0.1, 0.15) is 0 Å². The quantitative estimate of drug-likeness (QED) is 0.789. The van der Waals surface area contributed by atoms with Gasteiger partial charge in [0.15, 0.2) is 5.82 Å². The van der Waals surface area contributed by atoms with E-state index in [2.05, 4.69) is 32.5 Å². The summed E-state index contributed by atoms with van der Waals surface area (Å²) in [6.07, 6.45) is 8.25. The van der Waals surface area contributed by atoms with Crippen molar-refractivity contribution >= 4 is 5.82 Å². The van der Waals surface area contributed by atoms with E-state index < -0.39 is 0 Å². The molecule has 1 N–H and O–H groups in total. The Balaban J connectivity index is 1.38. The first kappa shape index (κ1) is 12.6. The molecule has 3 aliphatic carbocycles. The van der Waals surface area contributed by atoms with Crippen molar-refractivity contribution in [1.82, 2.24) is 15.5 Å². The molecule has 1 heterocycles. The highest BCUT2D eigenvalue weighted by Crippen LogP contribution is 2.35. The molecule has 0 bridgehead atoms. The van der Waals surface area contributed by atoms with E-state index in [1.165, 1.54) is 51.6 Å². The Morgan fingerprint density at radius 2 is 1.65 bits per heavy atom. The largest absolute Gasteiger partial charge is 0.355 e. The molecule has 1 aromatic heterocycles. The molecule has 0 unspecified atom stereocenters. The first-order chi connectivity index (χ1) is 9.87. The summed E-state index contributed by atoms with van der Waals surface area (Å²) < 4.78 is 0. The lowest BCUT2D eigenvalue weighted by Crippen LogP contribution is -2.29. The highest BCUT2D eigenvalue weighted by molar-refractivity contribution is 5.38. The van der Waals surface area contributed by atoms with Crippen molar-refractivity contribution in [3.8, 4) is 0 Å². The molecule has 4 heteroatoms. The highest BCUT2D eigenvalue weighted by Gasteiger charge is 2.30. The topological polar surface area (TPSA) is 41.1 Å². The second-order valence-electron chi connectivity index (χ2n) is 6.83. The van der Waals surface area contributed by atoms with Crippen LogP contribution in [0.25, 0.3) is 0 Å². The summed E-state index contributed by atoms with van der Waals surface area (Å²) in [5.41, 5.74) is 1.07. The molecule has 0 atom stereocenters. The minimum Gasteiger partial charge on any atom is -0.355 e. The SMILES string of the molecule is c1cc(N(CC2CC2)CC2CC2)nnc1CNC1CC1. The van der Waals surface area contributed by atoms with Gasteiger partial charge in [-0.2, -0.15) is 5.10 Å². The van der Waals surface area contributed by atoms with Crippen LogP contribution in [0, 0.1) is 11.8 Å².